The zero-order chi connectivity index (χ0) is 15.2. The van der Waals surface area contributed by atoms with E-state index in [2.05, 4.69) is 9.97 Å². The van der Waals surface area contributed by atoms with Crippen molar-refractivity contribution in [3.05, 3.63) is 18.6 Å². The number of aliphatic hydroxyl groups is 3. The van der Waals surface area contributed by atoms with Gasteiger partial charge >= 0.3 is 0 Å². The molecule has 4 atom stereocenters. The summed E-state index contributed by atoms with van der Waals surface area (Å²) < 4.78 is 20.0. The van der Waals surface area contributed by atoms with Gasteiger partial charge in [0, 0.05) is 6.20 Å². The first-order valence-corrected chi connectivity index (χ1v) is 6.32. The number of hydrogen-bond donors (Lipinski definition) is 4. The smallest absolute Gasteiger partial charge is 0.171 e. The number of aromatic nitrogens is 3. The summed E-state index contributed by atoms with van der Waals surface area (Å²) in [6.45, 7) is -1.81. The molecule has 21 heavy (non-hydrogen) atoms. The van der Waals surface area contributed by atoms with E-state index in [0.717, 1.165) is 0 Å². The van der Waals surface area contributed by atoms with Crippen LogP contribution in [0.3, 0.4) is 0 Å². The zero-order valence-electron chi connectivity index (χ0n) is 10.9. The molecule has 2 aromatic rings. The first kappa shape index (κ1) is 14.1. The van der Waals surface area contributed by atoms with Gasteiger partial charge in [-0.05, 0) is 6.07 Å². The predicted molar refractivity (Wildman–Crippen MR) is 69.9 cm³/mol. The molecule has 0 unspecified atom stereocenters. The number of pyridine rings is 1. The number of fused-ring (bicyclic) bond motifs is 1. The van der Waals surface area contributed by atoms with Gasteiger partial charge < -0.3 is 25.8 Å². The van der Waals surface area contributed by atoms with E-state index < -0.39 is 37.3 Å². The lowest BCUT2D eigenvalue weighted by atomic mass is 9.95. The second-order valence-corrected chi connectivity index (χ2v) is 5.00. The highest BCUT2D eigenvalue weighted by molar-refractivity contribution is 5.83. The summed E-state index contributed by atoms with van der Waals surface area (Å²) in [5, 5.41) is 29.5. The van der Waals surface area contributed by atoms with Gasteiger partial charge in [-0.2, -0.15) is 0 Å². The number of nitrogens with two attached hydrogens (primary N) is 1. The molecule has 0 amide bonds. The van der Waals surface area contributed by atoms with Crippen molar-refractivity contribution in [1.82, 2.24) is 14.5 Å². The number of halogens is 1. The van der Waals surface area contributed by atoms with Crippen LogP contribution in [0, 0.1) is 0 Å². The number of nitrogen functional groups attached to an aromatic ring is 1. The van der Waals surface area contributed by atoms with Crippen molar-refractivity contribution in [2.45, 2.75) is 24.0 Å². The van der Waals surface area contributed by atoms with Crippen LogP contribution in [0.5, 0.6) is 0 Å². The molecule has 8 nitrogen and oxygen atoms in total. The van der Waals surface area contributed by atoms with E-state index in [1.54, 1.807) is 6.07 Å². The van der Waals surface area contributed by atoms with Crippen LogP contribution in [0.1, 0.15) is 6.23 Å². The first-order chi connectivity index (χ1) is 10.0. The number of rotatable bonds is 3. The number of anilines is 1. The molecule has 114 valence electrons. The Bertz CT molecular complexity index is 666. The summed E-state index contributed by atoms with van der Waals surface area (Å²) in [5.41, 5.74) is 4.61. The molecule has 1 aliphatic heterocycles. The molecule has 2 aromatic heterocycles. The van der Waals surface area contributed by atoms with Crippen molar-refractivity contribution in [3.63, 3.8) is 0 Å². The van der Waals surface area contributed by atoms with Crippen LogP contribution < -0.4 is 5.73 Å². The number of aliphatic hydroxyl groups excluding tert-OH is 2. The molecule has 3 heterocycles. The van der Waals surface area contributed by atoms with E-state index in [4.69, 9.17) is 15.6 Å². The summed E-state index contributed by atoms with van der Waals surface area (Å²) in [6, 6.07) is 1.56. The molecule has 1 fully saturated rings. The fraction of sp³-hybridized carbons (Fsp3) is 0.500. The first-order valence-electron chi connectivity index (χ1n) is 6.32. The number of alkyl halides is 1. The number of hydrogen-bond acceptors (Lipinski definition) is 7. The summed E-state index contributed by atoms with van der Waals surface area (Å²) in [4.78, 5) is 8.14. The highest BCUT2D eigenvalue weighted by atomic mass is 19.1. The van der Waals surface area contributed by atoms with E-state index in [9.17, 15) is 14.6 Å². The van der Waals surface area contributed by atoms with Crippen LogP contribution in [0.2, 0.25) is 0 Å². The largest absolute Gasteiger partial charge is 0.397 e. The molecule has 9 heteroatoms. The van der Waals surface area contributed by atoms with Crippen molar-refractivity contribution in [2.75, 3.05) is 19.0 Å². The van der Waals surface area contributed by atoms with Gasteiger partial charge in [-0.3, -0.25) is 4.57 Å². The second-order valence-electron chi connectivity index (χ2n) is 5.00. The van der Waals surface area contributed by atoms with Crippen molar-refractivity contribution >= 4 is 16.9 Å². The molecule has 1 aliphatic rings. The summed E-state index contributed by atoms with van der Waals surface area (Å²) in [5.74, 6) is 0. The van der Waals surface area contributed by atoms with Crippen LogP contribution in [0.4, 0.5) is 10.1 Å². The average Bonchev–Trinajstić information content (AvgIpc) is 3.01. The highest BCUT2D eigenvalue weighted by Crippen LogP contribution is 2.40. The van der Waals surface area contributed by atoms with E-state index in [-0.39, 0.29) is 5.65 Å². The van der Waals surface area contributed by atoms with Crippen LogP contribution >= 0.6 is 0 Å². The Labute approximate surface area is 118 Å². The SMILES string of the molecule is Nc1ccnc2c1ncn2[C@@H]1O[C@H](CO)[C@@H](O)[C@]1(O)CF. The second kappa shape index (κ2) is 4.88. The topological polar surface area (TPSA) is 127 Å². The van der Waals surface area contributed by atoms with Crippen molar-refractivity contribution < 1.29 is 24.4 Å². The van der Waals surface area contributed by atoms with E-state index in [1.807, 2.05) is 0 Å². The van der Waals surface area contributed by atoms with Crippen molar-refractivity contribution in [3.8, 4) is 0 Å². The van der Waals surface area contributed by atoms with Gasteiger partial charge in [-0.15, -0.1) is 0 Å². The third-order valence-electron chi connectivity index (χ3n) is 3.73. The fourth-order valence-electron chi connectivity index (χ4n) is 2.54. The van der Waals surface area contributed by atoms with Gasteiger partial charge in [0.15, 0.2) is 17.5 Å². The lowest BCUT2D eigenvalue weighted by Gasteiger charge is -2.28. The third-order valence-corrected chi connectivity index (χ3v) is 3.73. The van der Waals surface area contributed by atoms with E-state index >= 15 is 0 Å². The lowest BCUT2D eigenvalue weighted by molar-refractivity contribution is -0.118. The van der Waals surface area contributed by atoms with Crippen LogP contribution in [0.25, 0.3) is 11.2 Å². The van der Waals surface area contributed by atoms with Gasteiger partial charge in [0.25, 0.3) is 0 Å². The quantitative estimate of drug-likeness (QED) is 0.570. The fourth-order valence-corrected chi connectivity index (χ4v) is 2.54. The minimum absolute atomic E-state index is 0.290. The van der Waals surface area contributed by atoms with Gasteiger partial charge in [0.1, 0.15) is 24.4 Å². The summed E-state index contributed by atoms with van der Waals surface area (Å²) in [7, 11) is 0. The standard InChI is InChI=1S/C12H15FN4O4/c13-4-12(20)9(19)7(3-18)21-11(12)17-5-16-8-6(14)1-2-15-10(8)17/h1-2,5,7,9,11,18-20H,3-4H2,(H2,14,15)/t7-,9-,11-,12-/m1/s1. The predicted octanol–water partition coefficient (Wildman–Crippen LogP) is -1.04. The molecule has 0 bridgehead atoms. The Balaban J connectivity index is 2.11. The van der Waals surface area contributed by atoms with Gasteiger partial charge in [0.2, 0.25) is 0 Å². The van der Waals surface area contributed by atoms with Crippen LogP contribution in [-0.4, -0.2) is 60.9 Å². The maximum Gasteiger partial charge on any atom is 0.171 e. The molecule has 0 spiro atoms. The zero-order valence-corrected chi connectivity index (χ0v) is 10.9. The van der Waals surface area contributed by atoms with Gasteiger partial charge in [-0.25, -0.2) is 14.4 Å². The van der Waals surface area contributed by atoms with Gasteiger partial charge in [0.05, 0.1) is 18.6 Å². The Morgan fingerprint density at radius 3 is 2.90 bits per heavy atom. The highest BCUT2D eigenvalue weighted by Gasteiger charge is 2.56. The molecule has 0 radical (unpaired) electrons. The Hall–Kier alpha value is -1.81. The minimum atomic E-state index is -2.20. The number of ether oxygens (including phenoxy) is 1. The monoisotopic (exact) mass is 298 g/mol. The molecule has 5 N–H and O–H groups in total. The molecule has 0 saturated carbocycles. The third kappa shape index (κ3) is 1.89. The number of nitrogens with zero attached hydrogens (tertiary/aromatic N) is 3. The summed E-state index contributed by atoms with van der Waals surface area (Å²) >= 11 is 0. The Morgan fingerprint density at radius 2 is 2.24 bits per heavy atom. The van der Waals surface area contributed by atoms with Crippen LogP contribution in [0.15, 0.2) is 18.6 Å². The Kier molecular flexibility index (Phi) is 3.29. The molecule has 1 saturated heterocycles. The van der Waals surface area contributed by atoms with E-state index in [0.29, 0.717) is 11.2 Å². The maximum absolute atomic E-state index is 13.3. The molecular weight excluding hydrogens is 283 g/mol. The number of imidazole rings is 1. The maximum atomic E-state index is 13.3. The molecule has 0 aliphatic carbocycles. The average molecular weight is 298 g/mol. The minimum Gasteiger partial charge on any atom is -0.397 e. The Morgan fingerprint density at radius 1 is 1.48 bits per heavy atom. The molecule has 3 rings (SSSR count). The van der Waals surface area contributed by atoms with E-state index in [1.165, 1.54) is 17.1 Å². The van der Waals surface area contributed by atoms with Crippen molar-refractivity contribution in [2.24, 2.45) is 0 Å². The molecular formula is C12H15FN4O4. The summed E-state index contributed by atoms with van der Waals surface area (Å²) in [6.07, 6.45) is -1.20. The lowest BCUT2D eigenvalue weighted by Crippen LogP contribution is -2.48. The molecule has 0 aromatic carbocycles. The van der Waals surface area contributed by atoms with Crippen molar-refractivity contribution in [1.29, 1.82) is 0 Å². The normalized spacial score (nSPS) is 32.9. The van der Waals surface area contributed by atoms with Crippen LogP contribution in [-0.2, 0) is 4.74 Å². The van der Waals surface area contributed by atoms with Gasteiger partial charge in [-0.1, -0.05) is 0 Å².